The molecule has 1 rings (SSSR count). The highest BCUT2D eigenvalue weighted by Gasteiger charge is 2.12. The van der Waals surface area contributed by atoms with Crippen LogP contribution in [-0.2, 0) is 0 Å². The molecule has 0 fully saturated rings. The zero-order valence-electron chi connectivity index (χ0n) is 12.7. The highest BCUT2D eigenvalue weighted by atomic mass is 16.4. The van der Waals surface area contributed by atoms with E-state index < -0.39 is 5.97 Å². The van der Waals surface area contributed by atoms with Gasteiger partial charge in [-0.1, -0.05) is 44.7 Å². The van der Waals surface area contributed by atoms with Crippen LogP contribution in [0.1, 0.15) is 56.3 Å². The number of benzene rings is 1. The van der Waals surface area contributed by atoms with Crippen LogP contribution in [0.4, 0.5) is 10.5 Å². The number of hydrogen-bond donors (Lipinski definition) is 3. The van der Waals surface area contributed by atoms with Crippen molar-refractivity contribution in [2.75, 3.05) is 5.32 Å². The van der Waals surface area contributed by atoms with E-state index in [9.17, 15) is 9.59 Å². The quantitative estimate of drug-likeness (QED) is 0.636. The number of carbonyl (C=O) groups excluding carboxylic acids is 1. The molecule has 0 aliphatic heterocycles. The summed E-state index contributed by atoms with van der Waals surface area (Å²) in [6, 6.07) is 6.06. The maximum atomic E-state index is 11.9. The van der Waals surface area contributed by atoms with Crippen LogP contribution in [0, 0.1) is 0 Å². The Hall–Kier alpha value is -2.04. The molecule has 0 aliphatic rings. The Morgan fingerprint density at radius 1 is 1.19 bits per heavy atom. The molecule has 0 aliphatic carbocycles. The maximum Gasteiger partial charge on any atom is 0.337 e. The summed E-state index contributed by atoms with van der Waals surface area (Å²) in [6.45, 7) is 4.11. The largest absolute Gasteiger partial charge is 0.478 e. The molecule has 0 saturated carbocycles. The summed E-state index contributed by atoms with van der Waals surface area (Å²) in [6.07, 6.45) is 5.58. The van der Waals surface area contributed by atoms with Gasteiger partial charge in [-0.2, -0.15) is 0 Å². The van der Waals surface area contributed by atoms with Gasteiger partial charge in [-0.3, -0.25) is 0 Å². The van der Waals surface area contributed by atoms with Crippen LogP contribution in [0.25, 0.3) is 0 Å². The number of para-hydroxylation sites is 1. The number of carboxylic acid groups (broad SMARTS) is 1. The van der Waals surface area contributed by atoms with E-state index >= 15 is 0 Å². The van der Waals surface area contributed by atoms with Gasteiger partial charge in [0.15, 0.2) is 0 Å². The van der Waals surface area contributed by atoms with Crippen LogP contribution in [0.2, 0.25) is 0 Å². The number of rotatable bonds is 8. The van der Waals surface area contributed by atoms with Crippen LogP contribution in [-0.4, -0.2) is 23.1 Å². The second-order valence-electron chi connectivity index (χ2n) is 5.20. The molecule has 3 N–H and O–H groups in total. The van der Waals surface area contributed by atoms with Crippen LogP contribution in [0.5, 0.6) is 0 Å². The van der Waals surface area contributed by atoms with Crippen LogP contribution < -0.4 is 10.6 Å². The molecule has 0 bridgehead atoms. The summed E-state index contributed by atoms with van der Waals surface area (Å²) in [4.78, 5) is 22.9. The third kappa shape index (κ3) is 6.29. The Morgan fingerprint density at radius 2 is 1.90 bits per heavy atom. The van der Waals surface area contributed by atoms with Crippen LogP contribution >= 0.6 is 0 Å². The monoisotopic (exact) mass is 292 g/mol. The number of hydrogen-bond acceptors (Lipinski definition) is 2. The Bertz CT molecular complexity index is 474. The first-order valence-electron chi connectivity index (χ1n) is 7.44. The lowest BCUT2D eigenvalue weighted by atomic mass is 10.1. The van der Waals surface area contributed by atoms with Gasteiger partial charge in [0.1, 0.15) is 0 Å². The minimum Gasteiger partial charge on any atom is -0.478 e. The van der Waals surface area contributed by atoms with Gasteiger partial charge in [-0.25, -0.2) is 9.59 Å². The van der Waals surface area contributed by atoms with Crippen LogP contribution in [0.3, 0.4) is 0 Å². The van der Waals surface area contributed by atoms with E-state index in [0.717, 1.165) is 12.8 Å². The Balaban J connectivity index is 2.45. The first kappa shape index (κ1) is 17.0. The van der Waals surface area contributed by atoms with Crippen LogP contribution in [0.15, 0.2) is 24.3 Å². The molecule has 1 atom stereocenters. The van der Waals surface area contributed by atoms with Crippen molar-refractivity contribution in [3.05, 3.63) is 29.8 Å². The zero-order valence-corrected chi connectivity index (χ0v) is 12.7. The van der Waals surface area contributed by atoms with Gasteiger partial charge < -0.3 is 15.7 Å². The third-order valence-electron chi connectivity index (χ3n) is 3.27. The summed E-state index contributed by atoms with van der Waals surface area (Å²) in [5.74, 6) is -1.06. The molecule has 1 aromatic carbocycles. The van der Waals surface area contributed by atoms with E-state index in [4.69, 9.17) is 5.11 Å². The fraction of sp³-hybridized carbons (Fsp3) is 0.500. The minimum absolute atomic E-state index is 0.0684. The molecule has 1 aromatic rings. The molecule has 116 valence electrons. The van der Waals surface area contributed by atoms with Gasteiger partial charge >= 0.3 is 12.0 Å². The number of unbranched alkanes of at least 4 members (excludes halogenated alkanes) is 3. The smallest absolute Gasteiger partial charge is 0.337 e. The molecule has 5 heteroatoms. The van der Waals surface area contributed by atoms with E-state index in [1.807, 2.05) is 6.92 Å². The highest BCUT2D eigenvalue weighted by Crippen LogP contribution is 2.14. The molecule has 0 aromatic heterocycles. The standard InChI is InChI=1S/C16H24N2O3/c1-3-4-5-6-9-12(2)17-16(21)18-14-11-8-7-10-13(14)15(19)20/h7-8,10-12H,3-6,9H2,1-2H3,(H,19,20)(H2,17,18,21). The lowest BCUT2D eigenvalue weighted by Gasteiger charge is -2.15. The molecule has 1 unspecified atom stereocenters. The van der Waals surface area contributed by atoms with Crippen molar-refractivity contribution in [1.29, 1.82) is 0 Å². The normalized spacial score (nSPS) is 11.7. The lowest BCUT2D eigenvalue weighted by Crippen LogP contribution is -2.36. The molecular formula is C16H24N2O3. The number of urea groups is 1. The minimum atomic E-state index is -1.06. The van der Waals surface area contributed by atoms with Crippen molar-refractivity contribution in [2.24, 2.45) is 0 Å². The summed E-state index contributed by atoms with van der Waals surface area (Å²) < 4.78 is 0. The summed E-state index contributed by atoms with van der Waals surface area (Å²) in [5.41, 5.74) is 0.393. The Morgan fingerprint density at radius 3 is 2.57 bits per heavy atom. The van der Waals surface area contributed by atoms with Gasteiger partial charge in [-0.15, -0.1) is 0 Å². The van der Waals surface area contributed by atoms with Crippen molar-refractivity contribution in [3.8, 4) is 0 Å². The van der Waals surface area contributed by atoms with E-state index in [1.165, 1.54) is 25.3 Å². The molecule has 0 saturated heterocycles. The molecule has 2 amide bonds. The van der Waals surface area contributed by atoms with Gasteiger partial charge in [-0.05, 0) is 25.5 Å². The molecular weight excluding hydrogens is 268 g/mol. The number of carbonyl (C=O) groups is 2. The topological polar surface area (TPSA) is 78.4 Å². The molecule has 0 spiro atoms. The number of aromatic carboxylic acids is 1. The van der Waals surface area contributed by atoms with Crippen molar-refractivity contribution in [2.45, 2.75) is 52.0 Å². The Labute approximate surface area is 125 Å². The fourth-order valence-corrected chi connectivity index (χ4v) is 2.11. The van der Waals surface area contributed by atoms with E-state index in [0.29, 0.717) is 5.69 Å². The predicted molar refractivity (Wildman–Crippen MR) is 83.8 cm³/mol. The van der Waals surface area contributed by atoms with Gasteiger partial charge in [0.2, 0.25) is 0 Å². The number of carboxylic acids is 1. The average molecular weight is 292 g/mol. The summed E-state index contributed by atoms with van der Waals surface area (Å²) >= 11 is 0. The first-order valence-corrected chi connectivity index (χ1v) is 7.44. The molecule has 0 radical (unpaired) electrons. The second kappa shape index (κ2) is 9.00. The highest BCUT2D eigenvalue weighted by molar-refractivity contribution is 5.99. The van der Waals surface area contributed by atoms with Crippen molar-refractivity contribution in [1.82, 2.24) is 5.32 Å². The Kier molecular flexibility index (Phi) is 7.29. The van der Waals surface area contributed by atoms with Crippen molar-refractivity contribution >= 4 is 17.7 Å². The van der Waals surface area contributed by atoms with Crippen molar-refractivity contribution in [3.63, 3.8) is 0 Å². The summed E-state index contributed by atoms with van der Waals surface area (Å²) in [5, 5.41) is 14.5. The van der Waals surface area contributed by atoms with Gasteiger partial charge in [0.05, 0.1) is 11.3 Å². The van der Waals surface area contributed by atoms with E-state index in [2.05, 4.69) is 17.6 Å². The lowest BCUT2D eigenvalue weighted by molar-refractivity contribution is 0.0698. The van der Waals surface area contributed by atoms with Crippen molar-refractivity contribution < 1.29 is 14.7 Å². The molecule has 5 nitrogen and oxygen atoms in total. The van der Waals surface area contributed by atoms with E-state index in [-0.39, 0.29) is 17.6 Å². The number of amides is 2. The maximum absolute atomic E-state index is 11.9. The second-order valence-corrected chi connectivity index (χ2v) is 5.20. The van der Waals surface area contributed by atoms with Gasteiger partial charge in [0, 0.05) is 6.04 Å². The van der Waals surface area contributed by atoms with E-state index in [1.54, 1.807) is 18.2 Å². The number of anilines is 1. The average Bonchev–Trinajstić information content (AvgIpc) is 2.43. The third-order valence-corrected chi connectivity index (χ3v) is 3.27. The zero-order chi connectivity index (χ0) is 15.7. The molecule has 21 heavy (non-hydrogen) atoms. The first-order chi connectivity index (χ1) is 10.0. The number of nitrogens with one attached hydrogen (secondary N) is 2. The predicted octanol–water partition coefficient (Wildman–Crippen LogP) is 3.87. The molecule has 0 heterocycles. The SMILES string of the molecule is CCCCCCC(C)NC(=O)Nc1ccccc1C(=O)O. The fourth-order valence-electron chi connectivity index (χ4n) is 2.11. The summed E-state index contributed by atoms with van der Waals surface area (Å²) in [7, 11) is 0. The van der Waals surface area contributed by atoms with Gasteiger partial charge in [0.25, 0.3) is 0 Å².